The summed E-state index contributed by atoms with van der Waals surface area (Å²) in [6.45, 7) is 1.81. The van der Waals surface area contributed by atoms with E-state index in [9.17, 15) is 14.4 Å². The van der Waals surface area contributed by atoms with E-state index in [1.807, 2.05) is 37.3 Å². The van der Waals surface area contributed by atoms with Crippen LogP contribution in [0, 0.1) is 0 Å². The number of amides is 3. The third kappa shape index (κ3) is 5.32. The largest absolute Gasteiger partial charge is 0.355 e. The third-order valence-electron chi connectivity index (χ3n) is 3.67. The Kier molecular flexibility index (Phi) is 6.74. The molecule has 0 spiro atoms. The van der Waals surface area contributed by atoms with Crippen molar-refractivity contribution >= 4 is 35.0 Å². The number of carbonyl (C=O) groups is 3. The van der Waals surface area contributed by atoms with Crippen molar-refractivity contribution in [2.24, 2.45) is 0 Å². The molecule has 7 heteroatoms. The molecule has 0 radical (unpaired) electrons. The number of nitrogens with one attached hydrogen (secondary N) is 3. The van der Waals surface area contributed by atoms with Gasteiger partial charge in [0.15, 0.2) is 0 Å². The quantitative estimate of drug-likeness (QED) is 0.703. The van der Waals surface area contributed by atoms with Crippen LogP contribution >= 0.6 is 11.6 Å². The first-order chi connectivity index (χ1) is 12.4. The molecule has 0 saturated carbocycles. The van der Waals surface area contributed by atoms with Gasteiger partial charge in [-0.1, -0.05) is 41.9 Å². The Bertz CT molecular complexity index is 809. The molecule has 0 aliphatic heterocycles. The molecule has 0 aliphatic rings. The molecule has 3 N–H and O–H groups in total. The lowest BCUT2D eigenvalue weighted by Gasteiger charge is -2.15. The SMILES string of the molecule is CNC(=O)c1ccc(Cl)cc1NC(=O)C(=O)NC(C)Cc1ccccc1. The summed E-state index contributed by atoms with van der Waals surface area (Å²) in [5, 5.41) is 7.89. The predicted octanol–water partition coefficient (Wildman–Crippen LogP) is 2.39. The summed E-state index contributed by atoms with van der Waals surface area (Å²) in [5.41, 5.74) is 1.44. The second kappa shape index (κ2) is 9.01. The highest BCUT2D eigenvalue weighted by molar-refractivity contribution is 6.40. The molecule has 26 heavy (non-hydrogen) atoms. The van der Waals surface area contributed by atoms with E-state index in [1.165, 1.54) is 25.2 Å². The van der Waals surface area contributed by atoms with E-state index in [1.54, 1.807) is 0 Å². The predicted molar refractivity (Wildman–Crippen MR) is 101 cm³/mol. The van der Waals surface area contributed by atoms with Gasteiger partial charge in [0.25, 0.3) is 5.91 Å². The molecule has 0 bridgehead atoms. The first-order valence-electron chi connectivity index (χ1n) is 8.08. The van der Waals surface area contributed by atoms with Gasteiger partial charge in [-0.15, -0.1) is 0 Å². The maximum Gasteiger partial charge on any atom is 0.313 e. The van der Waals surface area contributed by atoms with Gasteiger partial charge in [0.05, 0.1) is 11.3 Å². The standard InChI is InChI=1S/C19H20ClN3O3/c1-12(10-13-6-4-3-5-7-13)22-18(25)19(26)23-16-11-14(20)8-9-15(16)17(24)21-2/h3-9,11-12H,10H2,1-2H3,(H,21,24)(H,22,25)(H,23,26). The van der Waals surface area contributed by atoms with Gasteiger partial charge in [-0.25, -0.2) is 0 Å². The van der Waals surface area contributed by atoms with E-state index in [0.717, 1.165) is 5.56 Å². The number of hydrogen-bond donors (Lipinski definition) is 3. The Morgan fingerprint density at radius 1 is 1.04 bits per heavy atom. The van der Waals surface area contributed by atoms with Crippen molar-refractivity contribution in [2.75, 3.05) is 12.4 Å². The van der Waals surface area contributed by atoms with E-state index < -0.39 is 17.7 Å². The number of halogens is 1. The van der Waals surface area contributed by atoms with Crippen molar-refractivity contribution in [3.05, 3.63) is 64.7 Å². The molecule has 1 atom stereocenters. The highest BCUT2D eigenvalue weighted by Gasteiger charge is 2.19. The first-order valence-corrected chi connectivity index (χ1v) is 8.46. The molecule has 0 heterocycles. The van der Waals surface area contributed by atoms with Gasteiger partial charge in [0, 0.05) is 18.1 Å². The molecule has 0 aliphatic carbocycles. The molecule has 0 fully saturated rings. The van der Waals surface area contributed by atoms with E-state index in [4.69, 9.17) is 11.6 Å². The zero-order valence-corrected chi connectivity index (χ0v) is 15.3. The minimum atomic E-state index is -0.864. The van der Waals surface area contributed by atoms with Crippen LogP contribution < -0.4 is 16.0 Å². The molecule has 3 amide bonds. The monoisotopic (exact) mass is 373 g/mol. The van der Waals surface area contributed by atoms with Crippen LogP contribution in [0.4, 0.5) is 5.69 Å². The maximum absolute atomic E-state index is 12.2. The summed E-state index contributed by atoms with van der Waals surface area (Å²) in [7, 11) is 1.47. The average Bonchev–Trinajstić information content (AvgIpc) is 2.61. The molecule has 2 aromatic rings. The van der Waals surface area contributed by atoms with Crippen LogP contribution in [-0.4, -0.2) is 30.8 Å². The Morgan fingerprint density at radius 3 is 2.38 bits per heavy atom. The average molecular weight is 374 g/mol. The van der Waals surface area contributed by atoms with E-state index in [2.05, 4.69) is 16.0 Å². The van der Waals surface area contributed by atoms with Crippen LogP contribution in [0.5, 0.6) is 0 Å². The summed E-state index contributed by atoms with van der Waals surface area (Å²) in [6.07, 6.45) is 0.598. The van der Waals surface area contributed by atoms with Gasteiger partial charge in [-0.2, -0.15) is 0 Å². The van der Waals surface area contributed by atoms with E-state index in [0.29, 0.717) is 11.4 Å². The number of rotatable bonds is 5. The van der Waals surface area contributed by atoms with Crippen LogP contribution in [0.25, 0.3) is 0 Å². The van der Waals surface area contributed by atoms with Crippen LogP contribution in [0.15, 0.2) is 48.5 Å². The minimum Gasteiger partial charge on any atom is -0.355 e. The summed E-state index contributed by atoms with van der Waals surface area (Å²) < 4.78 is 0. The molecular weight excluding hydrogens is 354 g/mol. The highest BCUT2D eigenvalue weighted by Crippen LogP contribution is 2.21. The fourth-order valence-electron chi connectivity index (χ4n) is 2.44. The van der Waals surface area contributed by atoms with Gasteiger partial charge in [-0.05, 0) is 37.1 Å². The van der Waals surface area contributed by atoms with E-state index in [-0.39, 0.29) is 17.3 Å². The molecule has 0 aromatic heterocycles. The topological polar surface area (TPSA) is 87.3 Å². The lowest BCUT2D eigenvalue weighted by molar-refractivity contribution is -0.136. The van der Waals surface area contributed by atoms with Crippen LogP contribution in [0.2, 0.25) is 5.02 Å². The second-order valence-electron chi connectivity index (χ2n) is 5.79. The normalized spacial score (nSPS) is 11.3. The number of carbonyl (C=O) groups excluding carboxylic acids is 3. The van der Waals surface area contributed by atoms with Crippen LogP contribution in [0.1, 0.15) is 22.8 Å². The van der Waals surface area contributed by atoms with Gasteiger partial charge in [-0.3, -0.25) is 14.4 Å². The fourth-order valence-corrected chi connectivity index (χ4v) is 2.61. The fraction of sp³-hybridized carbons (Fsp3) is 0.211. The van der Waals surface area contributed by atoms with Crippen molar-refractivity contribution in [3.63, 3.8) is 0 Å². The Labute approximate surface area is 156 Å². The Balaban J connectivity index is 2.02. The third-order valence-corrected chi connectivity index (χ3v) is 3.91. The summed E-state index contributed by atoms with van der Waals surface area (Å²) in [5.74, 6) is -2.04. The molecule has 1 unspecified atom stereocenters. The summed E-state index contributed by atoms with van der Waals surface area (Å²) >= 11 is 5.92. The smallest absolute Gasteiger partial charge is 0.313 e. The van der Waals surface area contributed by atoms with Crippen molar-refractivity contribution in [1.29, 1.82) is 0 Å². The van der Waals surface area contributed by atoms with Crippen molar-refractivity contribution in [3.8, 4) is 0 Å². The van der Waals surface area contributed by atoms with Crippen molar-refractivity contribution in [2.45, 2.75) is 19.4 Å². The van der Waals surface area contributed by atoms with Gasteiger partial charge < -0.3 is 16.0 Å². The number of benzene rings is 2. The first kappa shape index (κ1) is 19.5. The van der Waals surface area contributed by atoms with Crippen molar-refractivity contribution < 1.29 is 14.4 Å². The molecule has 136 valence electrons. The molecular formula is C19H20ClN3O3. The molecule has 6 nitrogen and oxygen atoms in total. The molecule has 0 saturated heterocycles. The van der Waals surface area contributed by atoms with Gasteiger partial charge >= 0.3 is 11.8 Å². The maximum atomic E-state index is 12.2. The molecule has 2 aromatic carbocycles. The van der Waals surface area contributed by atoms with E-state index >= 15 is 0 Å². The second-order valence-corrected chi connectivity index (χ2v) is 6.22. The summed E-state index contributed by atoms with van der Waals surface area (Å²) in [4.78, 5) is 36.2. The van der Waals surface area contributed by atoms with Gasteiger partial charge in [0.1, 0.15) is 0 Å². The van der Waals surface area contributed by atoms with Crippen molar-refractivity contribution in [1.82, 2.24) is 10.6 Å². The lowest BCUT2D eigenvalue weighted by atomic mass is 10.1. The van der Waals surface area contributed by atoms with Crippen LogP contribution in [0.3, 0.4) is 0 Å². The highest BCUT2D eigenvalue weighted by atomic mass is 35.5. The lowest BCUT2D eigenvalue weighted by Crippen LogP contribution is -2.41. The Morgan fingerprint density at radius 2 is 1.73 bits per heavy atom. The number of hydrogen-bond acceptors (Lipinski definition) is 3. The molecule has 2 rings (SSSR count). The zero-order valence-electron chi connectivity index (χ0n) is 14.5. The zero-order chi connectivity index (χ0) is 19.1. The minimum absolute atomic E-state index is 0.174. The summed E-state index contributed by atoms with van der Waals surface area (Å²) in [6, 6.07) is 13.8. The Hall–Kier alpha value is -2.86. The number of anilines is 1. The van der Waals surface area contributed by atoms with Crippen LogP contribution in [-0.2, 0) is 16.0 Å². The van der Waals surface area contributed by atoms with Gasteiger partial charge in [0.2, 0.25) is 0 Å².